The summed E-state index contributed by atoms with van der Waals surface area (Å²) in [5.74, 6) is 1.11. The van der Waals surface area contributed by atoms with E-state index in [9.17, 15) is 9.59 Å². The molecule has 0 aromatic carbocycles. The van der Waals surface area contributed by atoms with Gasteiger partial charge in [0, 0.05) is 32.8 Å². The van der Waals surface area contributed by atoms with Gasteiger partial charge in [-0.2, -0.15) is 0 Å². The molecule has 2 amide bonds. The Morgan fingerprint density at radius 3 is 2.73 bits per heavy atom. The molecule has 1 aromatic rings. The molecule has 1 aliphatic carbocycles. The molecule has 118 valence electrons. The Hall–Kier alpha value is -1.78. The highest BCUT2D eigenvalue weighted by Gasteiger charge is 2.46. The number of carbonyl (C=O) groups excluding carboxylic acids is 2. The fraction of sp³-hybridized carbons (Fsp3) is 0.647. The summed E-state index contributed by atoms with van der Waals surface area (Å²) in [4.78, 5) is 29.2. The van der Waals surface area contributed by atoms with Crippen LogP contribution in [0.4, 0.5) is 0 Å². The van der Waals surface area contributed by atoms with Gasteiger partial charge < -0.3 is 14.4 Å². The first-order valence-corrected chi connectivity index (χ1v) is 8.37. The Kier molecular flexibility index (Phi) is 3.24. The monoisotopic (exact) mass is 301 g/mol. The number of aryl methyl sites for hydroxylation is 1. The summed E-state index contributed by atoms with van der Waals surface area (Å²) >= 11 is 0. The fourth-order valence-electron chi connectivity index (χ4n) is 4.05. The molecule has 2 saturated heterocycles. The third kappa shape index (κ3) is 2.23. The Bertz CT molecular complexity index is 605. The first-order chi connectivity index (χ1) is 10.6. The molecule has 22 heavy (non-hydrogen) atoms. The molecule has 0 unspecified atom stereocenters. The van der Waals surface area contributed by atoms with Crippen molar-refractivity contribution in [1.29, 1.82) is 0 Å². The maximum absolute atomic E-state index is 12.8. The molecule has 1 saturated carbocycles. The van der Waals surface area contributed by atoms with Crippen molar-refractivity contribution in [2.24, 2.45) is 13.0 Å². The van der Waals surface area contributed by atoms with Crippen LogP contribution >= 0.6 is 0 Å². The Labute approximate surface area is 130 Å². The molecule has 3 heterocycles. The average molecular weight is 301 g/mol. The maximum atomic E-state index is 12.8. The molecule has 1 aromatic heterocycles. The zero-order valence-electron chi connectivity index (χ0n) is 13.1. The molecule has 4 rings (SSSR count). The van der Waals surface area contributed by atoms with Crippen LogP contribution < -0.4 is 0 Å². The van der Waals surface area contributed by atoms with Crippen LogP contribution in [-0.2, 0) is 11.8 Å². The van der Waals surface area contributed by atoms with Gasteiger partial charge in [0.25, 0.3) is 5.91 Å². The number of hydrogen-bond acceptors (Lipinski definition) is 2. The molecule has 3 aliphatic rings. The van der Waals surface area contributed by atoms with Crippen LogP contribution in [0.3, 0.4) is 0 Å². The zero-order chi connectivity index (χ0) is 15.3. The third-order valence-electron chi connectivity index (χ3n) is 5.46. The molecule has 2 aliphatic heterocycles. The van der Waals surface area contributed by atoms with E-state index in [2.05, 4.69) is 4.90 Å². The summed E-state index contributed by atoms with van der Waals surface area (Å²) in [5, 5.41) is 0. The smallest absolute Gasteiger partial charge is 0.270 e. The minimum absolute atomic E-state index is 0.112. The largest absolute Gasteiger partial charge is 0.347 e. The topological polar surface area (TPSA) is 45.6 Å². The van der Waals surface area contributed by atoms with E-state index in [1.165, 1.54) is 12.8 Å². The molecular weight excluding hydrogens is 278 g/mol. The van der Waals surface area contributed by atoms with Crippen LogP contribution in [0.2, 0.25) is 0 Å². The molecule has 5 heteroatoms. The van der Waals surface area contributed by atoms with Crippen LogP contribution in [0, 0.1) is 5.92 Å². The minimum Gasteiger partial charge on any atom is -0.347 e. The number of carbonyl (C=O) groups is 2. The fourth-order valence-corrected chi connectivity index (χ4v) is 4.05. The van der Waals surface area contributed by atoms with Crippen LogP contribution in [0.15, 0.2) is 18.3 Å². The van der Waals surface area contributed by atoms with Crippen molar-refractivity contribution in [3.8, 4) is 0 Å². The van der Waals surface area contributed by atoms with Gasteiger partial charge in [0.1, 0.15) is 5.69 Å². The van der Waals surface area contributed by atoms with Crippen molar-refractivity contribution in [2.45, 2.75) is 44.2 Å². The first-order valence-electron chi connectivity index (χ1n) is 8.37. The molecule has 3 fully saturated rings. The summed E-state index contributed by atoms with van der Waals surface area (Å²) in [6.07, 6.45) is 6.76. The first kappa shape index (κ1) is 13.9. The highest BCUT2D eigenvalue weighted by Crippen LogP contribution is 2.37. The van der Waals surface area contributed by atoms with Crippen molar-refractivity contribution in [3.05, 3.63) is 24.0 Å². The highest BCUT2D eigenvalue weighted by atomic mass is 16.2. The summed E-state index contributed by atoms with van der Waals surface area (Å²) < 4.78 is 1.88. The van der Waals surface area contributed by atoms with Gasteiger partial charge in [0.05, 0.1) is 12.1 Å². The number of likely N-dealkylation sites (tertiary alicyclic amines) is 2. The Morgan fingerprint density at radius 2 is 2.05 bits per heavy atom. The van der Waals surface area contributed by atoms with Crippen molar-refractivity contribution in [3.63, 3.8) is 0 Å². The molecular formula is C17H23N3O2. The summed E-state index contributed by atoms with van der Waals surface area (Å²) in [7, 11) is 1.91. The van der Waals surface area contributed by atoms with E-state index in [4.69, 9.17) is 0 Å². The van der Waals surface area contributed by atoms with Crippen LogP contribution in [0.1, 0.15) is 42.6 Å². The standard InChI is InChI=1S/C17H23N3O2/c1-18-9-2-3-15(18)17(22)19-10-8-14-13(19)6-7-16(21)20(14)11-12-4-5-12/h2-3,9,12-14H,4-8,10-11H2,1H3/t13-,14-/m1/s1. The lowest BCUT2D eigenvalue weighted by atomic mass is 9.95. The predicted molar refractivity (Wildman–Crippen MR) is 82.3 cm³/mol. The lowest BCUT2D eigenvalue weighted by molar-refractivity contribution is -0.137. The van der Waals surface area contributed by atoms with Crippen molar-refractivity contribution >= 4 is 11.8 Å². The van der Waals surface area contributed by atoms with Gasteiger partial charge in [0.2, 0.25) is 5.91 Å². The molecule has 0 N–H and O–H groups in total. The molecule has 0 bridgehead atoms. The minimum atomic E-state index is 0.112. The average Bonchev–Trinajstić information content (AvgIpc) is 3.05. The number of fused-ring (bicyclic) bond motifs is 1. The van der Waals surface area contributed by atoms with E-state index < -0.39 is 0 Å². The number of piperidine rings is 1. The lowest BCUT2D eigenvalue weighted by Crippen LogP contribution is -2.53. The van der Waals surface area contributed by atoms with Crippen LogP contribution in [0.25, 0.3) is 0 Å². The van der Waals surface area contributed by atoms with E-state index in [1.54, 1.807) is 0 Å². The maximum Gasteiger partial charge on any atom is 0.270 e. The second kappa shape index (κ2) is 5.14. The second-order valence-corrected chi connectivity index (χ2v) is 6.95. The van der Waals surface area contributed by atoms with Gasteiger partial charge in [-0.15, -0.1) is 0 Å². The van der Waals surface area contributed by atoms with Crippen molar-refractivity contribution in [2.75, 3.05) is 13.1 Å². The third-order valence-corrected chi connectivity index (χ3v) is 5.46. The Morgan fingerprint density at radius 1 is 1.23 bits per heavy atom. The van der Waals surface area contributed by atoms with Gasteiger partial charge in [0.15, 0.2) is 0 Å². The number of amides is 2. The lowest BCUT2D eigenvalue weighted by Gasteiger charge is -2.39. The van der Waals surface area contributed by atoms with E-state index in [0.717, 1.165) is 31.6 Å². The quantitative estimate of drug-likeness (QED) is 0.852. The summed E-state index contributed by atoms with van der Waals surface area (Å²) in [5.41, 5.74) is 0.742. The zero-order valence-corrected chi connectivity index (χ0v) is 13.1. The van der Waals surface area contributed by atoms with Crippen molar-refractivity contribution in [1.82, 2.24) is 14.4 Å². The van der Waals surface area contributed by atoms with Gasteiger partial charge >= 0.3 is 0 Å². The summed E-state index contributed by atoms with van der Waals surface area (Å²) in [6.45, 7) is 1.68. The molecule has 0 spiro atoms. The van der Waals surface area contributed by atoms with E-state index in [0.29, 0.717) is 18.2 Å². The van der Waals surface area contributed by atoms with Gasteiger partial charge in [-0.3, -0.25) is 9.59 Å². The van der Waals surface area contributed by atoms with Crippen molar-refractivity contribution < 1.29 is 9.59 Å². The predicted octanol–water partition coefficient (Wildman–Crippen LogP) is 1.64. The number of aromatic nitrogens is 1. The number of hydrogen-bond donors (Lipinski definition) is 0. The number of nitrogens with zero attached hydrogens (tertiary/aromatic N) is 3. The molecule has 2 atom stereocenters. The van der Waals surface area contributed by atoms with E-state index in [-0.39, 0.29) is 18.0 Å². The highest BCUT2D eigenvalue weighted by molar-refractivity contribution is 5.93. The van der Waals surface area contributed by atoms with Gasteiger partial charge in [-0.25, -0.2) is 0 Å². The van der Waals surface area contributed by atoms with Gasteiger partial charge in [-0.1, -0.05) is 0 Å². The van der Waals surface area contributed by atoms with Gasteiger partial charge in [-0.05, 0) is 43.7 Å². The SMILES string of the molecule is Cn1cccc1C(=O)N1CC[C@@H]2[C@H]1CCC(=O)N2CC1CC1. The van der Waals surface area contributed by atoms with E-state index >= 15 is 0 Å². The van der Waals surface area contributed by atoms with Crippen LogP contribution in [-0.4, -0.2) is 51.4 Å². The van der Waals surface area contributed by atoms with Crippen LogP contribution in [0.5, 0.6) is 0 Å². The van der Waals surface area contributed by atoms with E-state index in [1.807, 2.05) is 34.8 Å². The second-order valence-electron chi connectivity index (χ2n) is 6.95. The number of rotatable bonds is 3. The summed E-state index contributed by atoms with van der Waals surface area (Å²) in [6, 6.07) is 4.24. The molecule has 5 nitrogen and oxygen atoms in total. The Balaban J connectivity index is 1.54. The normalized spacial score (nSPS) is 28.1. The molecule has 0 radical (unpaired) electrons.